The van der Waals surface area contributed by atoms with Crippen molar-refractivity contribution in [3.63, 3.8) is 0 Å². The van der Waals surface area contributed by atoms with Gasteiger partial charge in [0.2, 0.25) is 0 Å². The Kier molecular flexibility index (Phi) is 3.78. The van der Waals surface area contributed by atoms with Crippen LogP contribution in [0.25, 0.3) is 5.69 Å². The molecule has 1 aromatic carbocycles. The van der Waals surface area contributed by atoms with Crippen molar-refractivity contribution in [2.75, 3.05) is 20.8 Å². The van der Waals surface area contributed by atoms with Gasteiger partial charge in [-0.25, -0.2) is 0 Å². The third-order valence-electron chi connectivity index (χ3n) is 2.63. The number of methoxy groups -OCH3 is 2. The van der Waals surface area contributed by atoms with E-state index in [1.54, 1.807) is 20.5 Å². The van der Waals surface area contributed by atoms with Crippen LogP contribution in [0.3, 0.4) is 0 Å². The van der Waals surface area contributed by atoms with Crippen LogP contribution in [0.4, 0.5) is 0 Å². The summed E-state index contributed by atoms with van der Waals surface area (Å²) in [6.45, 7) is 0.519. The van der Waals surface area contributed by atoms with Gasteiger partial charge in [-0.1, -0.05) is 0 Å². The van der Waals surface area contributed by atoms with E-state index in [1.807, 2.05) is 22.8 Å². The molecule has 6 nitrogen and oxygen atoms in total. The summed E-state index contributed by atoms with van der Waals surface area (Å²) >= 11 is 0. The van der Waals surface area contributed by atoms with Crippen molar-refractivity contribution < 1.29 is 9.47 Å². The molecule has 2 N–H and O–H groups in total. The molecule has 0 aliphatic rings. The highest BCUT2D eigenvalue weighted by Crippen LogP contribution is 2.28. The number of ether oxygens (including phenoxy) is 2. The number of hydrogen-bond acceptors (Lipinski definition) is 5. The molecule has 96 valence electrons. The van der Waals surface area contributed by atoms with Crippen molar-refractivity contribution in [3.05, 3.63) is 30.4 Å². The molecule has 6 heteroatoms. The normalized spacial score (nSPS) is 10.4. The van der Waals surface area contributed by atoms with Crippen molar-refractivity contribution in [2.45, 2.75) is 6.42 Å². The Morgan fingerprint density at radius 1 is 1.28 bits per heavy atom. The highest BCUT2D eigenvalue weighted by Gasteiger charge is 2.11. The molecule has 0 amide bonds. The molecule has 1 heterocycles. The van der Waals surface area contributed by atoms with Crippen molar-refractivity contribution in [1.29, 1.82) is 0 Å². The number of hydrogen-bond donors (Lipinski definition) is 1. The molecule has 0 spiro atoms. The number of aromatic nitrogens is 3. The molecule has 0 aliphatic heterocycles. The number of rotatable bonds is 5. The van der Waals surface area contributed by atoms with E-state index in [0.717, 1.165) is 23.0 Å². The quantitative estimate of drug-likeness (QED) is 0.846. The van der Waals surface area contributed by atoms with E-state index in [2.05, 4.69) is 10.2 Å². The molecule has 0 saturated heterocycles. The molecule has 18 heavy (non-hydrogen) atoms. The van der Waals surface area contributed by atoms with Crippen LogP contribution in [0.1, 0.15) is 5.82 Å². The van der Waals surface area contributed by atoms with Gasteiger partial charge in [-0.2, -0.15) is 0 Å². The zero-order valence-corrected chi connectivity index (χ0v) is 10.5. The maximum atomic E-state index is 5.56. The van der Waals surface area contributed by atoms with Crippen LogP contribution in [0.15, 0.2) is 24.5 Å². The maximum Gasteiger partial charge on any atom is 0.143 e. The third kappa shape index (κ3) is 2.28. The van der Waals surface area contributed by atoms with Gasteiger partial charge in [0.25, 0.3) is 0 Å². The van der Waals surface area contributed by atoms with Gasteiger partial charge < -0.3 is 15.2 Å². The molecule has 0 unspecified atom stereocenters. The Labute approximate surface area is 105 Å². The van der Waals surface area contributed by atoms with Crippen LogP contribution in [-0.2, 0) is 6.42 Å². The van der Waals surface area contributed by atoms with Crippen molar-refractivity contribution in [2.24, 2.45) is 5.73 Å². The summed E-state index contributed by atoms with van der Waals surface area (Å²) in [6, 6.07) is 5.57. The van der Waals surface area contributed by atoms with Gasteiger partial charge in [0, 0.05) is 12.5 Å². The lowest BCUT2D eigenvalue weighted by molar-refractivity contribution is 0.401. The molecule has 2 aromatic rings. The van der Waals surface area contributed by atoms with Crippen LogP contribution in [0.5, 0.6) is 11.5 Å². The second-order valence-electron chi connectivity index (χ2n) is 3.69. The molecule has 0 bridgehead atoms. The summed E-state index contributed by atoms with van der Waals surface area (Å²) in [5.74, 6) is 2.27. The lowest BCUT2D eigenvalue weighted by atomic mass is 10.2. The minimum Gasteiger partial charge on any atom is -0.497 e. The zero-order chi connectivity index (χ0) is 13.0. The van der Waals surface area contributed by atoms with E-state index in [1.165, 1.54) is 0 Å². The lowest BCUT2D eigenvalue weighted by Gasteiger charge is -2.12. The molecule has 0 radical (unpaired) electrons. The van der Waals surface area contributed by atoms with Crippen LogP contribution < -0.4 is 15.2 Å². The predicted molar refractivity (Wildman–Crippen MR) is 67.2 cm³/mol. The van der Waals surface area contributed by atoms with Crippen LogP contribution in [0.2, 0.25) is 0 Å². The van der Waals surface area contributed by atoms with Crippen molar-refractivity contribution in [3.8, 4) is 17.2 Å². The molecule has 2 rings (SSSR count). The minimum atomic E-state index is 0.519. The zero-order valence-electron chi connectivity index (χ0n) is 10.5. The second-order valence-corrected chi connectivity index (χ2v) is 3.69. The maximum absolute atomic E-state index is 5.56. The van der Waals surface area contributed by atoms with Crippen molar-refractivity contribution in [1.82, 2.24) is 14.8 Å². The van der Waals surface area contributed by atoms with E-state index in [4.69, 9.17) is 15.2 Å². The summed E-state index contributed by atoms with van der Waals surface area (Å²) in [6.07, 6.45) is 2.29. The van der Waals surface area contributed by atoms with Crippen LogP contribution >= 0.6 is 0 Å². The molecule has 0 atom stereocenters. The number of nitrogens with two attached hydrogens (primary N) is 1. The van der Waals surface area contributed by atoms with E-state index in [9.17, 15) is 0 Å². The van der Waals surface area contributed by atoms with Gasteiger partial charge >= 0.3 is 0 Å². The first-order chi connectivity index (χ1) is 8.80. The molecule has 0 fully saturated rings. The second kappa shape index (κ2) is 5.50. The van der Waals surface area contributed by atoms with E-state index in [-0.39, 0.29) is 0 Å². The first-order valence-electron chi connectivity index (χ1n) is 5.61. The third-order valence-corrected chi connectivity index (χ3v) is 2.63. The fourth-order valence-electron chi connectivity index (χ4n) is 1.74. The van der Waals surface area contributed by atoms with E-state index < -0.39 is 0 Å². The molecular weight excluding hydrogens is 232 g/mol. The highest BCUT2D eigenvalue weighted by molar-refractivity contribution is 5.51. The van der Waals surface area contributed by atoms with Gasteiger partial charge in [-0.3, -0.25) is 4.57 Å². The standard InChI is InChI=1S/C12H16N4O2/c1-17-9-3-4-11(18-2)10(7-9)16-8-14-15-12(16)5-6-13/h3-4,7-8H,5-6,13H2,1-2H3. The van der Waals surface area contributed by atoms with Crippen LogP contribution in [0, 0.1) is 0 Å². The Morgan fingerprint density at radius 3 is 2.78 bits per heavy atom. The van der Waals surface area contributed by atoms with Gasteiger partial charge in [0.1, 0.15) is 23.7 Å². The monoisotopic (exact) mass is 248 g/mol. The Hall–Kier alpha value is -2.08. The molecular formula is C12H16N4O2. The fourth-order valence-corrected chi connectivity index (χ4v) is 1.74. The first-order valence-corrected chi connectivity index (χ1v) is 5.61. The SMILES string of the molecule is COc1ccc(OC)c(-n2cnnc2CCN)c1. The van der Waals surface area contributed by atoms with Gasteiger partial charge in [-0.05, 0) is 18.7 Å². The first kappa shape index (κ1) is 12.4. The minimum absolute atomic E-state index is 0.519. The number of nitrogens with zero attached hydrogens (tertiary/aromatic N) is 3. The van der Waals surface area contributed by atoms with Gasteiger partial charge in [0.05, 0.1) is 19.9 Å². The average Bonchev–Trinajstić information content (AvgIpc) is 2.86. The summed E-state index contributed by atoms with van der Waals surface area (Å²) in [5.41, 5.74) is 6.39. The molecule has 0 aliphatic carbocycles. The summed E-state index contributed by atoms with van der Waals surface area (Å²) in [7, 11) is 3.25. The van der Waals surface area contributed by atoms with Crippen molar-refractivity contribution >= 4 is 0 Å². The lowest BCUT2D eigenvalue weighted by Crippen LogP contribution is -2.09. The largest absolute Gasteiger partial charge is 0.497 e. The van der Waals surface area contributed by atoms with Crippen LogP contribution in [-0.4, -0.2) is 35.5 Å². The van der Waals surface area contributed by atoms with E-state index >= 15 is 0 Å². The summed E-state index contributed by atoms with van der Waals surface area (Å²) in [4.78, 5) is 0. The highest BCUT2D eigenvalue weighted by atomic mass is 16.5. The Bertz CT molecular complexity index is 525. The van der Waals surface area contributed by atoms with Gasteiger partial charge in [0.15, 0.2) is 0 Å². The topological polar surface area (TPSA) is 75.2 Å². The predicted octanol–water partition coefficient (Wildman–Crippen LogP) is 0.786. The average molecular weight is 248 g/mol. The van der Waals surface area contributed by atoms with Gasteiger partial charge in [-0.15, -0.1) is 10.2 Å². The smallest absolute Gasteiger partial charge is 0.143 e. The Balaban J connectivity index is 2.50. The Morgan fingerprint density at radius 2 is 2.11 bits per heavy atom. The fraction of sp³-hybridized carbons (Fsp3) is 0.333. The molecule has 0 saturated carbocycles. The summed E-state index contributed by atoms with van der Waals surface area (Å²) < 4.78 is 12.4. The van der Waals surface area contributed by atoms with E-state index in [0.29, 0.717) is 13.0 Å². The summed E-state index contributed by atoms with van der Waals surface area (Å²) in [5, 5.41) is 7.96. The number of benzene rings is 1. The molecule has 1 aromatic heterocycles.